The monoisotopic (exact) mass is 467 g/mol. The van der Waals surface area contributed by atoms with Crippen LogP contribution in [0.1, 0.15) is 27.3 Å². The first-order valence-electron chi connectivity index (χ1n) is 8.58. The molecule has 0 saturated heterocycles. The van der Waals surface area contributed by atoms with Gasteiger partial charge in [-0.15, -0.1) is 0 Å². The number of aromatic nitrogens is 2. The van der Waals surface area contributed by atoms with Gasteiger partial charge in [-0.25, -0.2) is 4.39 Å². The summed E-state index contributed by atoms with van der Waals surface area (Å²) in [4.78, 5) is 12.7. The molecular formula is C20H17BrF3N3O2. The van der Waals surface area contributed by atoms with E-state index in [1.54, 1.807) is 30.7 Å². The second-order valence-corrected chi connectivity index (χ2v) is 7.22. The molecule has 0 unspecified atom stereocenters. The molecule has 0 aliphatic carbocycles. The Hall–Kier alpha value is -2.81. The number of amides is 1. The van der Waals surface area contributed by atoms with Gasteiger partial charge in [-0.1, -0.05) is 28.1 Å². The summed E-state index contributed by atoms with van der Waals surface area (Å²) in [5, 5.41) is 7.13. The highest BCUT2D eigenvalue weighted by Crippen LogP contribution is 2.27. The first-order chi connectivity index (χ1) is 13.7. The van der Waals surface area contributed by atoms with Crippen LogP contribution in [0.3, 0.4) is 0 Å². The van der Waals surface area contributed by atoms with Gasteiger partial charge in [0, 0.05) is 4.47 Å². The normalized spacial score (nSPS) is 11.0. The Kier molecular flexibility index (Phi) is 6.26. The van der Waals surface area contributed by atoms with Crippen LogP contribution in [0, 0.1) is 19.7 Å². The maximum absolute atomic E-state index is 13.1. The summed E-state index contributed by atoms with van der Waals surface area (Å²) in [5.41, 5.74) is 2.51. The standard InChI is InChI=1S/C20H17BrF3N3O2/c1-11-18(12(2)27(26-11)10-13-3-6-15(22)7-4-13)25-19(28)16-9-14(21)5-8-17(16)29-20(23)24/h3-9,20H,10H2,1-2H3,(H,25,28). The zero-order valence-electron chi connectivity index (χ0n) is 15.5. The lowest BCUT2D eigenvalue weighted by molar-refractivity contribution is -0.0501. The molecular weight excluding hydrogens is 451 g/mol. The van der Waals surface area contributed by atoms with Gasteiger partial charge in [-0.3, -0.25) is 9.48 Å². The lowest BCUT2D eigenvalue weighted by Crippen LogP contribution is -2.16. The van der Waals surface area contributed by atoms with Crippen LogP contribution < -0.4 is 10.1 Å². The highest BCUT2D eigenvalue weighted by Gasteiger charge is 2.20. The van der Waals surface area contributed by atoms with E-state index in [4.69, 9.17) is 0 Å². The van der Waals surface area contributed by atoms with Crippen molar-refractivity contribution >= 4 is 27.5 Å². The lowest BCUT2D eigenvalue weighted by atomic mass is 10.1. The van der Waals surface area contributed by atoms with Crippen LogP contribution in [0.2, 0.25) is 0 Å². The van der Waals surface area contributed by atoms with E-state index >= 15 is 0 Å². The molecule has 0 aliphatic rings. The van der Waals surface area contributed by atoms with E-state index in [0.717, 1.165) is 5.56 Å². The van der Waals surface area contributed by atoms with E-state index in [0.29, 0.717) is 28.1 Å². The van der Waals surface area contributed by atoms with Crippen molar-refractivity contribution in [3.05, 3.63) is 75.3 Å². The van der Waals surface area contributed by atoms with Gasteiger partial charge >= 0.3 is 6.61 Å². The average Bonchev–Trinajstić information content (AvgIpc) is 2.92. The van der Waals surface area contributed by atoms with Crippen molar-refractivity contribution in [3.63, 3.8) is 0 Å². The molecule has 0 aliphatic heterocycles. The second kappa shape index (κ2) is 8.69. The van der Waals surface area contributed by atoms with Crippen LogP contribution in [-0.2, 0) is 6.54 Å². The van der Waals surface area contributed by atoms with Crippen LogP contribution in [0.15, 0.2) is 46.9 Å². The van der Waals surface area contributed by atoms with Gasteiger partial charge < -0.3 is 10.1 Å². The molecule has 0 atom stereocenters. The number of rotatable bonds is 6. The van der Waals surface area contributed by atoms with Crippen molar-refractivity contribution in [2.75, 3.05) is 5.32 Å². The lowest BCUT2D eigenvalue weighted by Gasteiger charge is -2.12. The molecule has 0 spiro atoms. The Balaban J connectivity index is 1.85. The number of hydrogen-bond donors (Lipinski definition) is 1. The molecule has 1 aromatic heterocycles. The zero-order chi connectivity index (χ0) is 21.1. The third kappa shape index (κ3) is 4.97. The first-order valence-corrected chi connectivity index (χ1v) is 9.38. The number of benzene rings is 2. The fourth-order valence-electron chi connectivity index (χ4n) is 2.85. The van der Waals surface area contributed by atoms with Gasteiger partial charge in [0.15, 0.2) is 0 Å². The number of carbonyl (C=O) groups excluding carboxylic acids is 1. The van der Waals surface area contributed by atoms with Gasteiger partial charge in [-0.2, -0.15) is 13.9 Å². The van der Waals surface area contributed by atoms with Gasteiger partial charge in [0.25, 0.3) is 5.91 Å². The van der Waals surface area contributed by atoms with Gasteiger partial charge in [0.05, 0.1) is 29.2 Å². The molecule has 3 aromatic rings. The maximum atomic E-state index is 13.1. The number of nitrogens with zero attached hydrogens (tertiary/aromatic N) is 2. The van der Waals surface area contributed by atoms with Gasteiger partial charge in [0.2, 0.25) is 0 Å². The quantitative estimate of drug-likeness (QED) is 0.534. The number of anilines is 1. The van der Waals surface area contributed by atoms with Gasteiger partial charge in [-0.05, 0) is 49.7 Å². The van der Waals surface area contributed by atoms with Crippen LogP contribution in [0.25, 0.3) is 0 Å². The molecule has 3 rings (SSSR count). The summed E-state index contributed by atoms with van der Waals surface area (Å²) in [7, 11) is 0. The van der Waals surface area contributed by atoms with E-state index in [-0.39, 0.29) is 17.1 Å². The molecule has 29 heavy (non-hydrogen) atoms. The molecule has 0 radical (unpaired) electrons. The van der Waals surface area contributed by atoms with Crippen LogP contribution in [0.5, 0.6) is 5.75 Å². The Bertz CT molecular complexity index is 1040. The number of carbonyl (C=O) groups is 1. The topological polar surface area (TPSA) is 56.2 Å². The Morgan fingerprint density at radius 3 is 2.55 bits per heavy atom. The Labute approximate surface area is 173 Å². The number of hydrogen-bond acceptors (Lipinski definition) is 3. The van der Waals surface area contributed by atoms with E-state index in [1.165, 1.54) is 30.3 Å². The molecule has 152 valence electrons. The van der Waals surface area contributed by atoms with Crippen LogP contribution in [-0.4, -0.2) is 22.3 Å². The Morgan fingerprint density at radius 1 is 1.21 bits per heavy atom. The molecule has 1 amide bonds. The van der Waals surface area contributed by atoms with Crippen molar-refractivity contribution in [1.82, 2.24) is 9.78 Å². The van der Waals surface area contributed by atoms with Crippen molar-refractivity contribution in [2.45, 2.75) is 27.0 Å². The summed E-state index contributed by atoms with van der Waals surface area (Å²) in [6.07, 6.45) is 0. The summed E-state index contributed by atoms with van der Waals surface area (Å²) in [5.74, 6) is -1.16. The van der Waals surface area contributed by atoms with E-state index < -0.39 is 12.5 Å². The highest BCUT2D eigenvalue weighted by molar-refractivity contribution is 9.10. The molecule has 9 heteroatoms. The molecule has 1 N–H and O–H groups in total. The van der Waals surface area contributed by atoms with Crippen molar-refractivity contribution in [1.29, 1.82) is 0 Å². The molecule has 0 saturated carbocycles. The first kappa shape index (κ1) is 20.9. The largest absolute Gasteiger partial charge is 0.434 e. The minimum atomic E-state index is -3.05. The number of nitrogens with one attached hydrogen (secondary N) is 1. The molecule has 1 heterocycles. The molecule has 0 bridgehead atoms. The summed E-state index contributed by atoms with van der Waals surface area (Å²) in [6, 6.07) is 10.2. The fraction of sp³-hybridized carbons (Fsp3) is 0.200. The van der Waals surface area contributed by atoms with E-state index in [1.807, 2.05) is 0 Å². The van der Waals surface area contributed by atoms with Crippen LogP contribution in [0.4, 0.5) is 18.9 Å². The second-order valence-electron chi connectivity index (χ2n) is 6.30. The number of alkyl halides is 2. The predicted molar refractivity (Wildman–Crippen MR) is 106 cm³/mol. The molecule has 0 fully saturated rings. The zero-order valence-corrected chi connectivity index (χ0v) is 17.1. The van der Waals surface area contributed by atoms with Crippen LogP contribution >= 0.6 is 15.9 Å². The Morgan fingerprint density at radius 2 is 1.90 bits per heavy atom. The fourth-order valence-corrected chi connectivity index (χ4v) is 3.21. The molecule has 5 nitrogen and oxygen atoms in total. The third-order valence-electron chi connectivity index (χ3n) is 4.27. The smallest absolute Gasteiger partial charge is 0.387 e. The third-order valence-corrected chi connectivity index (χ3v) is 4.76. The maximum Gasteiger partial charge on any atom is 0.387 e. The minimum absolute atomic E-state index is 0.0373. The number of aryl methyl sites for hydroxylation is 1. The highest BCUT2D eigenvalue weighted by atomic mass is 79.9. The summed E-state index contributed by atoms with van der Waals surface area (Å²) < 4.78 is 45.1. The van der Waals surface area contributed by atoms with Crippen molar-refractivity contribution in [2.24, 2.45) is 0 Å². The average molecular weight is 468 g/mol. The summed E-state index contributed by atoms with van der Waals surface area (Å²) in [6.45, 7) is 0.835. The number of ether oxygens (including phenoxy) is 1. The summed E-state index contributed by atoms with van der Waals surface area (Å²) >= 11 is 3.23. The SMILES string of the molecule is Cc1nn(Cc2ccc(F)cc2)c(C)c1NC(=O)c1cc(Br)ccc1OC(F)F. The minimum Gasteiger partial charge on any atom is -0.434 e. The predicted octanol–water partition coefficient (Wildman–Crippen LogP) is 5.30. The van der Waals surface area contributed by atoms with Gasteiger partial charge in [0.1, 0.15) is 11.6 Å². The molecule has 2 aromatic carbocycles. The van der Waals surface area contributed by atoms with E-state index in [9.17, 15) is 18.0 Å². The van der Waals surface area contributed by atoms with Crippen molar-refractivity contribution < 1.29 is 22.7 Å². The van der Waals surface area contributed by atoms with E-state index in [2.05, 4.69) is 31.1 Å². The van der Waals surface area contributed by atoms with Crippen molar-refractivity contribution in [3.8, 4) is 5.75 Å². The number of halogens is 4.